The van der Waals surface area contributed by atoms with Crippen molar-refractivity contribution in [1.29, 1.82) is 0 Å². The van der Waals surface area contributed by atoms with Gasteiger partial charge in [-0.2, -0.15) is 0 Å². The summed E-state index contributed by atoms with van der Waals surface area (Å²) in [4.78, 5) is 12.2. The van der Waals surface area contributed by atoms with Crippen LogP contribution in [-0.2, 0) is 4.79 Å². The maximum Gasteiger partial charge on any atom is 0.238 e. The lowest BCUT2D eigenvalue weighted by Gasteiger charge is -2.43. The summed E-state index contributed by atoms with van der Waals surface area (Å²) >= 11 is 0. The second kappa shape index (κ2) is 6.40. The Morgan fingerprint density at radius 1 is 1.35 bits per heavy atom. The van der Waals surface area contributed by atoms with E-state index in [0.717, 1.165) is 32.2 Å². The van der Waals surface area contributed by atoms with Gasteiger partial charge in [0.2, 0.25) is 5.91 Å². The number of nitrogens with one attached hydrogen (secondary N) is 1. The Hall–Kier alpha value is -1.35. The van der Waals surface area contributed by atoms with Crippen LogP contribution in [0.2, 0.25) is 0 Å². The molecule has 0 heterocycles. The molecule has 0 aromatic heterocycles. The summed E-state index contributed by atoms with van der Waals surface area (Å²) in [6, 6.07) is 10.3. The molecule has 3 N–H and O–H groups in total. The van der Waals surface area contributed by atoms with Crippen LogP contribution in [0.15, 0.2) is 30.3 Å². The third-order valence-corrected chi connectivity index (χ3v) is 4.38. The van der Waals surface area contributed by atoms with Gasteiger partial charge in [0, 0.05) is 5.92 Å². The van der Waals surface area contributed by atoms with E-state index in [0.29, 0.717) is 5.92 Å². The average molecular weight is 274 g/mol. The van der Waals surface area contributed by atoms with Gasteiger partial charge in [-0.05, 0) is 30.9 Å². The van der Waals surface area contributed by atoms with Crippen LogP contribution in [0.4, 0.5) is 0 Å². The summed E-state index contributed by atoms with van der Waals surface area (Å²) in [6.07, 6.45) is 4.10. The molecule has 0 saturated heterocycles. The topological polar surface area (TPSA) is 55.1 Å². The lowest BCUT2D eigenvalue weighted by molar-refractivity contribution is -0.126. The molecular weight excluding hydrogens is 248 g/mol. The quantitative estimate of drug-likeness (QED) is 0.867. The number of hydrogen-bond donors (Lipinski definition) is 2. The molecule has 1 aliphatic carbocycles. The van der Waals surface area contributed by atoms with Gasteiger partial charge in [-0.1, -0.05) is 57.0 Å². The van der Waals surface area contributed by atoms with Gasteiger partial charge in [-0.25, -0.2) is 0 Å². The first-order chi connectivity index (χ1) is 9.56. The van der Waals surface area contributed by atoms with Crippen LogP contribution in [0.1, 0.15) is 51.0 Å². The second-order valence-corrected chi connectivity index (χ2v) is 6.32. The number of nitrogens with two attached hydrogens (primary N) is 1. The molecule has 3 nitrogen and oxygen atoms in total. The van der Waals surface area contributed by atoms with Gasteiger partial charge in [0.1, 0.15) is 5.54 Å². The van der Waals surface area contributed by atoms with Crippen molar-refractivity contribution in [2.24, 2.45) is 11.7 Å². The number of carbonyl (C=O) groups is 1. The van der Waals surface area contributed by atoms with E-state index in [1.54, 1.807) is 0 Å². The predicted octanol–water partition coefficient (Wildman–Crippen LogP) is 2.81. The van der Waals surface area contributed by atoms with Crippen molar-refractivity contribution in [1.82, 2.24) is 5.32 Å². The fourth-order valence-electron chi connectivity index (χ4n) is 3.29. The Labute approximate surface area is 121 Å². The summed E-state index contributed by atoms with van der Waals surface area (Å²) in [7, 11) is 0. The van der Waals surface area contributed by atoms with E-state index in [4.69, 9.17) is 5.73 Å². The van der Waals surface area contributed by atoms with Crippen LogP contribution in [0.5, 0.6) is 0 Å². The third-order valence-electron chi connectivity index (χ3n) is 4.38. The molecule has 0 aliphatic heterocycles. The minimum absolute atomic E-state index is 0.189. The van der Waals surface area contributed by atoms with Gasteiger partial charge >= 0.3 is 0 Å². The highest BCUT2D eigenvalue weighted by molar-refractivity contribution is 5.86. The van der Waals surface area contributed by atoms with Gasteiger partial charge < -0.3 is 11.1 Å². The normalized spacial score (nSPS) is 26.6. The number of benzene rings is 1. The molecule has 2 unspecified atom stereocenters. The van der Waals surface area contributed by atoms with Gasteiger partial charge in [0.15, 0.2) is 0 Å². The Morgan fingerprint density at radius 2 is 2.05 bits per heavy atom. The molecule has 2 rings (SSSR count). The van der Waals surface area contributed by atoms with E-state index in [1.165, 1.54) is 5.56 Å². The van der Waals surface area contributed by atoms with Crippen LogP contribution >= 0.6 is 0 Å². The lowest BCUT2D eigenvalue weighted by Crippen LogP contribution is -2.61. The fraction of sp³-hybridized carbons (Fsp3) is 0.588. The number of rotatable bonds is 5. The summed E-state index contributed by atoms with van der Waals surface area (Å²) in [5.74, 6) is 0.491. The molecule has 20 heavy (non-hydrogen) atoms. The SMILES string of the molecule is CC(C)CNC1(C(N)=O)CCCCC1c1ccccc1. The fourth-order valence-corrected chi connectivity index (χ4v) is 3.29. The number of primary amides is 1. The zero-order valence-electron chi connectivity index (χ0n) is 12.6. The molecule has 0 radical (unpaired) electrons. The molecule has 1 aliphatic rings. The number of carbonyl (C=O) groups excluding carboxylic acids is 1. The summed E-state index contributed by atoms with van der Waals surface area (Å²) in [6.45, 7) is 5.14. The standard InChI is InChI=1S/C17H26N2O/c1-13(2)12-19-17(16(18)20)11-7-6-10-15(17)14-8-4-3-5-9-14/h3-5,8-9,13,15,19H,6-7,10-12H2,1-2H3,(H2,18,20). The minimum atomic E-state index is -0.579. The monoisotopic (exact) mass is 274 g/mol. The smallest absolute Gasteiger partial charge is 0.238 e. The molecule has 2 atom stereocenters. The molecule has 1 saturated carbocycles. The van der Waals surface area contributed by atoms with Crippen molar-refractivity contribution in [2.45, 2.75) is 51.0 Å². The molecule has 0 bridgehead atoms. The van der Waals surface area contributed by atoms with Crippen molar-refractivity contribution in [3.05, 3.63) is 35.9 Å². The highest BCUT2D eigenvalue weighted by Gasteiger charge is 2.45. The zero-order valence-corrected chi connectivity index (χ0v) is 12.6. The van der Waals surface area contributed by atoms with Crippen LogP contribution < -0.4 is 11.1 Å². The largest absolute Gasteiger partial charge is 0.368 e. The Morgan fingerprint density at radius 3 is 2.65 bits per heavy atom. The van der Waals surface area contributed by atoms with Crippen molar-refractivity contribution < 1.29 is 4.79 Å². The molecule has 0 spiro atoms. The van der Waals surface area contributed by atoms with Crippen LogP contribution in [-0.4, -0.2) is 18.0 Å². The minimum Gasteiger partial charge on any atom is -0.368 e. The van der Waals surface area contributed by atoms with Crippen LogP contribution in [0, 0.1) is 5.92 Å². The lowest BCUT2D eigenvalue weighted by atomic mass is 9.69. The van der Waals surface area contributed by atoms with Crippen molar-refractivity contribution in [3.8, 4) is 0 Å². The maximum absolute atomic E-state index is 12.2. The van der Waals surface area contributed by atoms with E-state index in [-0.39, 0.29) is 11.8 Å². The molecule has 1 amide bonds. The molecular formula is C17H26N2O. The first-order valence-corrected chi connectivity index (χ1v) is 7.66. The van der Waals surface area contributed by atoms with Gasteiger partial charge in [0.25, 0.3) is 0 Å². The van der Waals surface area contributed by atoms with Crippen molar-refractivity contribution >= 4 is 5.91 Å². The Balaban J connectivity index is 2.32. The highest BCUT2D eigenvalue weighted by atomic mass is 16.1. The summed E-state index contributed by atoms with van der Waals surface area (Å²) < 4.78 is 0. The Kier molecular flexibility index (Phi) is 4.81. The van der Waals surface area contributed by atoms with E-state index in [9.17, 15) is 4.79 Å². The predicted molar refractivity (Wildman–Crippen MR) is 82.4 cm³/mol. The van der Waals surface area contributed by atoms with Gasteiger partial charge in [-0.3, -0.25) is 4.79 Å². The highest BCUT2D eigenvalue weighted by Crippen LogP contribution is 2.41. The van der Waals surface area contributed by atoms with Crippen LogP contribution in [0.3, 0.4) is 0 Å². The second-order valence-electron chi connectivity index (χ2n) is 6.32. The zero-order chi connectivity index (χ0) is 14.6. The van der Waals surface area contributed by atoms with Crippen LogP contribution in [0.25, 0.3) is 0 Å². The first kappa shape index (κ1) is 15.0. The van der Waals surface area contributed by atoms with E-state index in [1.807, 2.05) is 18.2 Å². The van der Waals surface area contributed by atoms with Crippen molar-refractivity contribution in [3.63, 3.8) is 0 Å². The average Bonchev–Trinajstić information content (AvgIpc) is 2.46. The van der Waals surface area contributed by atoms with Crippen molar-refractivity contribution in [2.75, 3.05) is 6.54 Å². The molecule has 1 fully saturated rings. The summed E-state index contributed by atoms with van der Waals surface area (Å²) in [5, 5.41) is 3.51. The molecule has 1 aromatic rings. The molecule has 1 aromatic carbocycles. The number of hydrogen-bond acceptors (Lipinski definition) is 2. The first-order valence-electron chi connectivity index (χ1n) is 7.66. The Bertz CT molecular complexity index is 444. The summed E-state index contributed by atoms with van der Waals surface area (Å²) in [5.41, 5.74) is 6.46. The molecule has 110 valence electrons. The third kappa shape index (κ3) is 3.04. The maximum atomic E-state index is 12.2. The number of amides is 1. The van der Waals surface area contributed by atoms with E-state index in [2.05, 4.69) is 31.3 Å². The molecule has 3 heteroatoms. The van der Waals surface area contributed by atoms with E-state index >= 15 is 0 Å². The van der Waals surface area contributed by atoms with E-state index < -0.39 is 5.54 Å². The van der Waals surface area contributed by atoms with Gasteiger partial charge in [-0.15, -0.1) is 0 Å². The van der Waals surface area contributed by atoms with Gasteiger partial charge in [0.05, 0.1) is 0 Å².